The van der Waals surface area contributed by atoms with Crippen molar-refractivity contribution in [2.24, 2.45) is 5.92 Å². The van der Waals surface area contributed by atoms with Gasteiger partial charge in [0.1, 0.15) is 0 Å². The summed E-state index contributed by atoms with van der Waals surface area (Å²) < 4.78 is 11.3. The van der Waals surface area contributed by atoms with Gasteiger partial charge >= 0.3 is 5.97 Å². The third-order valence-corrected chi connectivity index (χ3v) is 3.35. The van der Waals surface area contributed by atoms with E-state index in [1.54, 1.807) is 0 Å². The normalized spacial score (nSPS) is 29.5. The zero-order valence-corrected chi connectivity index (χ0v) is 8.91. The Kier molecular flexibility index (Phi) is 3.26. The van der Waals surface area contributed by atoms with Gasteiger partial charge in [-0.1, -0.05) is 6.42 Å². The number of carboxylic acid groups (broad SMARTS) is 1. The monoisotopic (exact) mass is 214 g/mol. The number of carboxylic acids is 1. The topological polar surface area (TPSA) is 55.8 Å². The molecule has 4 heteroatoms. The predicted octanol–water partition coefficient (Wildman–Crippen LogP) is 1.78. The number of rotatable bonds is 3. The molecular weight excluding hydrogens is 196 g/mol. The fourth-order valence-corrected chi connectivity index (χ4v) is 2.64. The second-order valence-electron chi connectivity index (χ2n) is 4.50. The van der Waals surface area contributed by atoms with Crippen molar-refractivity contribution in [3.05, 3.63) is 0 Å². The molecule has 0 radical (unpaired) electrons. The van der Waals surface area contributed by atoms with E-state index in [1.807, 2.05) is 0 Å². The maximum atomic E-state index is 10.5. The lowest BCUT2D eigenvalue weighted by molar-refractivity contribution is -0.187. The van der Waals surface area contributed by atoms with Crippen molar-refractivity contribution in [1.82, 2.24) is 0 Å². The summed E-state index contributed by atoms with van der Waals surface area (Å²) in [7, 11) is 0. The van der Waals surface area contributed by atoms with Gasteiger partial charge in [-0.2, -0.15) is 0 Å². The van der Waals surface area contributed by atoms with Gasteiger partial charge in [-0.05, 0) is 18.8 Å². The maximum absolute atomic E-state index is 10.5. The fourth-order valence-electron chi connectivity index (χ4n) is 2.64. The average molecular weight is 214 g/mol. The maximum Gasteiger partial charge on any atom is 0.303 e. The largest absolute Gasteiger partial charge is 0.481 e. The summed E-state index contributed by atoms with van der Waals surface area (Å²) in [5.74, 6) is -0.614. The molecular formula is C11H18O4. The molecule has 0 aromatic heterocycles. The lowest BCUT2D eigenvalue weighted by atomic mass is 9.82. The van der Waals surface area contributed by atoms with E-state index < -0.39 is 5.97 Å². The lowest BCUT2D eigenvalue weighted by Gasteiger charge is -2.36. The second-order valence-corrected chi connectivity index (χ2v) is 4.50. The first-order chi connectivity index (χ1) is 7.20. The SMILES string of the molecule is O=C(O)CCC1CCCC2(C1)OCCO2. The van der Waals surface area contributed by atoms with E-state index in [1.165, 1.54) is 0 Å². The Hall–Kier alpha value is -0.610. The number of ether oxygens (including phenoxy) is 2. The molecule has 1 aliphatic carbocycles. The van der Waals surface area contributed by atoms with Gasteiger partial charge in [0.15, 0.2) is 5.79 Å². The van der Waals surface area contributed by atoms with Crippen LogP contribution in [0.15, 0.2) is 0 Å². The van der Waals surface area contributed by atoms with E-state index in [0.29, 0.717) is 19.1 Å². The summed E-state index contributed by atoms with van der Waals surface area (Å²) in [6.45, 7) is 1.37. The summed E-state index contributed by atoms with van der Waals surface area (Å²) in [5, 5.41) is 8.64. The van der Waals surface area contributed by atoms with Crippen molar-refractivity contribution >= 4 is 5.97 Å². The van der Waals surface area contributed by atoms with E-state index in [-0.39, 0.29) is 12.2 Å². The quantitative estimate of drug-likeness (QED) is 0.778. The molecule has 0 aromatic rings. The van der Waals surface area contributed by atoms with Crippen LogP contribution in [0.1, 0.15) is 38.5 Å². The van der Waals surface area contributed by atoms with E-state index >= 15 is 0 Å². The third kappa shape index (κ3) is 2.69. The Balaban J connectivity index is 1.84. The first-order valence-electron chi connectivity index (χ1n) is 5.70. The minimum atomic E-state index is -0.706. The van der Waals surface area contributed by atoms with Crippen LogP contribution in [-0.2, 0) is 14.3 Å². The van der Waals surface area contributed by atoms with E-state index in [2.05, 4.69) is 0 Å². The van der Waals surface area contributed by atoms with Crippen molar-refractivity contribution in [2.75, 3.05) is 13.2 Å². The van der Waals surface area contributed by atoms with Crippen LogP contribution in [-0.4, -0.2) is 30.1 Å². The fraction of sp³-hybridized carbons (Fsp3) is 0.909. The molecule has 0 bridgehead atoms. The standard InChI is InChI=1S/C11H18O4/c12-10(13)4-3-9-2-1-5-11(8-9)14-6-7-15-11/h9H,1-8H2,(H,12,13). The highest BCUT2D eigenvalue weighted by molar-refractivity contribution is 5.66. The van der Waals surface area contributed by atoms with Gasteiger partial charge in [-0.3, -0.25) is 4.79 Å². The van der Waals surface area contributed by atoms with Gasteiger partial charge < -0.3 is 14.6 Å². The van der Waals surface area contributed by atoms with Crippen LogP contribution in [0.5, 0.6) is 0 Å². The van der Waals surface area contributed by atoms with E-state index in [4.69, 9.17) is 14.6 Å². The van der Waals surface area contributed by atoms with Crippen LogP contribution in [0, 0.1) is 5.92 Å². The molecule has 0 amide bonds. The first-order valence-corrected chi connectivity index (χ1v) is 5.70. The zero-order valence-electron chi connectivity index (χ0n) is 8.91. The molecule has 4 nitrogen and oxygen atoms in total. The molecule has 1 heterocycles. The van der Waals surface area contributed by atoms with Crippen molar-refractivity contribution in [3.8, 4) is 0 Å². The van der Waals surface area contributed by atoms with Crippen LogP contribution >= 0.6 is 0 Å². The highest BCUT2D eigenvalue weighted by Gasteiger charge is 2.41. The Morgan fingerprint density at radius 1 is 1.40 bits per heavy atom. The first kappa shape index (κ1) is 10.9. The number of carbonyl (C=O) groups is 1. The van der Waals surface area contributed by atoms with Crippen molar-refractivity contribution < 1.29 is 19.4 Å². The lowest BCUT2D eigenvalue weighted by Crippen LogP contribution is -2.36. The molecule has 1 saturated heterocycles. The average Bonchev–Trinajstić information content (AvgIpc) is 2.63. The van der Waals surface area contributed by atoms with Crippen LogP contribution in [0.2, 0.25) is 0 Å². The van der Waals surface area contributed by atoms with Crippen molar-refractivity contribution in [1.29, 1.82) is 0 Å². The molecule has 1 atom stereocenters. The number of hydrogen-bond acceptors (Lipinski definition) is 3. The summed E-state index contributed by atoms with van der Waals surface area (Å²) in [4.78, 5) is 10.5. The molecule has 2 fully saturated rings. The molecule has 1 unspecified atom stereocenters. The molecule has 1 saturated carbocycles. The Morgan fingerprint density at radius 3 is 2.80 bits per heavy atom. The van der Waals surface area contributed by atoms with Gasteiger partial charge in [0.25, 0.3) is 0 Å². The summed E-state index contributed by atoms with van der Waals surface area (Å²) in [5.41, 5.74) is 0. The molecule has 1 aliphatic heterocycles. The Morgan fingerprint density at radius 2 is 2.13 bits per heavy atom. The smallest absolute Gasteiger partial charge is 0.303 e. The van der Waals surface area contributed by atoms with Crippen LogP contribution in [0.3, 0.4) is 0 Å². The van der Waals surface area contributed by atoms with E-state index in [0.717, 1.165) is 32.1 Å². The highest BCUT2D eigenvalue weighted by atomic mass is 16.7. The molecule has 0 aromatic carbocycles. The summed E-state index contributed by atoms with van der Waals surface area (Å²) in [6.07, 6.45) is 5.06. The second kappa shape index (κ2) is 4.49. The van der Waals surface area contributed by atoms with Crippen LogP contribution in [0.25, 0.3) is 0 Å². The van der Waals surface area contributed by atoms with Crippen molar-refractivity contribution in [2.45, 2.75) is 44.3 Å². The Labute approximate surface area is 89.6 Å². The van der Waals surface area contributed by atoms with Gasteiger partial charge in [0.05, 0.1) is 13.2 Å². The number of hydrogen-bond donors (Lipinski definition) is 1. The van der Waals surface area contributed by atoms with Crippen molar-refractivity contribution in [3.63, 3.8) is 0 Å². The predicted molar refractivity (Wildman–Crippen MR) is 53.5 cm³/mol. The van der Waals surface area contributed by atoms with Gasteiger partial charge in [-0.15, -0.1) is 0 Å². The van der Waals surface area contributed by atoms with Gasteiger partial charge in [-0.25, -0.2) is 0 Å². The minimum absolute atomic E-state index is 0.265. The highest BCUT2D eigenvalue weighted by Crippen LogP contribution is 2.40. The van der Waals surface area contributed by atoms with Gasteiger partial charge in [0, 0.05) is 19.3 Å². The van der Waals surface area contributed by atoms with Crippen LogP contribution < -0.4 is 0 Å². The molecule has 2 aliphatic rings. The zero-order chi connectivity index (χ0) is 10.7. The molecule has 86 valence electrons. The molecule has 1 spiro atoms. The number of aliphatic carboxylic acids is 1. The molecule has 2 rings (SSSR count). The summed E-state index contributed by atoms with van der Waals surface area (Å²) in [6, 6.07) is 0. The van der Waals surface area contributed by atoms with E-state index in [9.17, 15) is 4.79 Å². The Bertz CT molecular complexity index is 233. The summed E-state index contributed by atoms with van der Waals surface area (Å²) >= 11 is 0. The minimum Gasteiger partial charge on any atom is -0.481 e. The third-order valence-electron chi connectivity index (χ3n) is 3.35. The van der Waals surface area contributed by atoms with Gasteiger partial charge in [0.2, 0.25) is 0 Å². The van der Waals surface area contributed by atoms with Crippen LogP contribution in [0.4, 0.5) is 0 Å². The molecule has 15 heavy (non-hydrogen) atoms. The molecule has 1 N–H and O–H groups in total.